The van der Waals surface area contributed by atoms with E-state index in [2.05, 4.69) is 39.7 Å². The summed E-state index contributed by atoms with van der Waals surface area (Å²) in [5, 5.41) is 9.33. The Morgan fingerprint density at radius 2 is 1.82 bits per heavy atom. The van der Waals surface area contributed by atoms with E-state index in [-0.39, 0.29) is 5.91 Å². The third-order valence-corrected chi connectivity index (χ3v) is 3.70. The van der Waals surface area contributed by atoms with E-state index in [1.165, 1.54) is 32.4 Å². The number of guanidine groups is 1. The third-order valence-electron chi connectivity index (χ3n) is 3.70. The van der Waals surface area contributed by atoms with Crippen LogP contribution in [0, 0.1) is 0 Å². The molecule has 1 heterocycles. The van der Waals surface area contributed by atoms with Gasteiger partial charge in [0.1, 0.15) is 0 Å². The molecule has 0 atom stereocenters. The molecule has 6 nitrogen and oxygen atoms in total. The molecule has 0 aromatic heterocycles. The molecule has 0 saturated carbocycles. The molecular weight excluding hydrogens is 278 g/mol. The second-order valence-corrected chi connectivity index (χ2v) is 5.69. The van der Waals surface area contributed by atoms with E-state index in [1.54, 1.807) is 0 Å². The van der Waals surface area contributed by atoms with Crippen molar-refractivity contribution in [2.45, 2.75) is 46.0 Å². The first-order chi connectivity index (χ1) is 10.8. The van der Waals surface area contributed by atoms with Gasteiger partial charge < -0.3 is 20.9 Å². The Kier molecular flexibility index (Phi) is 10.5. The summed E-state index contributed by atoms with van der Waals surface area (Å²) in [6.45, 7) is 10.5. The SMILES string of the molecule is CCCNC(=O)CCNC(=NCCN1CCCCC1)NCC. The average Bonchev–Trinajstić information content (AvgIpc) is 2.54. The Bertz CT molecular complexity index is 326. The first-order valence-electron chi connectivity index (χ1n) is 8.77. The molecule has 22 heavy (non-hydrogen) atoms. The quantitative estimate of drug-likeness (QED) is 0.438. The monoisotopic (exact) mass is 311 g/mol. The fourth-order valence-corrected chi connectivity index (χ4v) is 2.48. The molecule has 0 aromatic carbocycles. The zero-order valence-electron chi connectivity index (χ0n) is 14.3. The molecule has 1 saturated heterocycles. The van der Waals surface area contributed by atoms with Crippen molar-refractivity contribution in [3.8, 4) is 0 Å². The molecule has 1 amide bonds. The molecule has 6 heteroatoms. The van der Waals surface area contributed by atoms with E-state index in [9.17, 15) is 4.79 Å². The standard InChI is InChI=1S/C16H33N5O/c1-3-9-18-15(22)8-10-19-16(17-4-2)20-11-14-21-12-6-5-7-13-21/h3-14H2,1-2H3,(H,18,22)(H2,17,19,20). The minimum atomic E-state index is 0.0958. The highest BCUT2D eigenvalue weighted by Crippen LogP contribution is 2.07. The summed E-state index contributed by atoms with van der Waals surface area (Å²) in [6.07, 6.45) is 5.45. The van der Waals surface area contributed by atoms with Gasteiger partial charge in [-0.15, -0.1) is 0 Å². The number of rotatable bonds is 9. The third kappa shape index (κ3) is 8.87. The Labute approximate surface area is 135 Å². The van der Waals surface area contributed by atoms with Gasteiger partial charge in [0.15, 0.2) is 5.96 Å². The van der Waals surface area contributed by atoms with Crippen molar-refractivity contribution >= 4 is 11.9 Å². The molecular formula is C16H33N5O. The van der Waals surface area contributed by atoms with Gasteiger partial charge >= 0.3 is 0 Å². The number of amides is 1. The second-order valence-electron chi connectivity index (χ2n) is 5.69. The van der Waals surface area contributed by atoms with Crippen LogP contribution in [-0.4, -0.2) is 62.6 Å². The van der Waals surface area contributed by atoms with Crippen molar-refractivity contribution in [3.63, 3.8) is 0 Å². The number of nitrogens with zero attached hydrogens (tertiary/aromatic N) is 2. The topological polar surface area (TPSA) is 68.8 Å². The molecule has 1 aliphatic rings. The number of hydrogen-bond donors (Lipinski definition) is 3. The summed E-state index contributed by atoms with van der Waals surface area (Å²) in [5.74, 6) is 0.904. The number of nitrogens with one attached hydrogen (secondary N) is 3. The lowest BCUT2D eigenvalue weighted by Crippen LogP contribution is -2.40. The number of hydrogen-bond acceptors (Lipinski definition) is 3. The lowest BCUT2D eigenvalue weighted by Gasteiger charge is -2.25. The summed E-state index contributed by atoms with van der Waals surface area (Å²) < 4.78 is 0. The van der Waals surface area contributed by atoms with Crippen molar-refractivity contribution in [2.24, 2.45) is 4.99 Å². The zero-order chi connectivity index (χ0) is 16.0. The highest BCUT2D eigenvalue weighted by Gasteiger charge is 2.09. The van der Waals surface area contributed by atoms with Gasteiger partial charge in [-0.25, -0.2) is 0 Å². The number of aliphatic imine (C=N–C) groups is 1. The number of carbonyl (C=O) groups is 1. The van der Waals surface area contributed by atoms with Gasteiger partial charge in [0.05, 0.1) is 6.54 Å². The molecule has 0 spiro atoms. The zero-order valence-corrected chi connectivity index (χ0v) is 14.3. The van der Waals surface area contributed by atoms with Gasteiger partial charge in [0, 0.05) is 32.6 Å². The normalized spacial score (nSPS) is 16.4. The fourth-order valence-electron chi connectivity index (χ4n) is 2.48. The van der Waals surface area contributed by atoms with Crippen LogP contribution in [0.25, 0.3) is 0 Å². The van der Waals surface area contributed by atoms with Crippen LogP contribution in [0.15, 0.2) is 4.99 Å². The molecule has 128 valence electrons. The number of likely N-dealkylation sites (tertiary alicyclic amines) is 1. The maximum atomic E-state index is 11.5. The predicted molar refractivity (Wildman–Crippen MR) is 92.2 cm³/mol. The lowest BCUT2D eigenvalue weighted by molar-refractivity contribution is -0.120. The first-order valence-corrected chi connectivity index (χ1v) is 8.77. The van der Waals surface area contributed by atoms with Crippen LogP contribution in [0.2, 0.25) is 0 Å². The van der Waals surface area contributed by atoms with E-state index in [4.69, 9.17) is 0 Å². The van der Waals surface area contributed by atoms with Crippen molar-refractivity contribution < 1.29 is 4.79 Å². The van der Waals surface area contributed by atoms with Gasteiger partial charge in [0.25, 0.3) is 0 Å². The van der Waals surface area contributed by atoms with Crippen molar-refractivity contribution in [1.82, 2.24) is 20.9 Å². The number of piperidine rings is 1. The summed E-state index contributed by atoms with van der Waals surface area (Å²) >= 11 is 0. The van der Waals surface area contributed by atoms with Gasteiger partial charge in [-0.3, -0.25) is 9.79 Å². The Balaban J connectivity index is 2.21. The molecule has 0 bridgehead atoms. The number of carbonyl (C=O) groups excluding carboxylic acids is 1. The van der Waals surface area contributed by atoms with Crippen LogP contribution in [0.1, 0.15) is 46.0 Å². The molecule has 3 N–H and O–H groups in total. The van der Waals surface area contributed by atoms with E-state index in [0.29, 0.717) is 13.0 Å². The highest BCUT2D eigenvalue weighted by atomic mass is 16.1. The highest BCUT2D eigenvalue weighted by molar-refractivity contribution is 5.81. The van der Waals surface area contributed by atoms with Crippen LogP contribution < -0.4 is 16.0 Å². The van der Waals surface area contributed by atoms with E-state index in [0.717, 1.165) is 38.6 Å². The minimum absolute atomic E-state index is 0.0958. The summed E-state index contributed by atoms with van der Waals surface area (Å²) in [6, 6.07) is 0. The van der Waals surface area contributed by atoms with Crippen LogP contribution in [0.5, 0.6) is 0 Å². The predicted octanol–water partition coefficient (Wildman–Crippen LogP) is 0.944. The van der Waals surface area contributed by atoms with Crippen molar-refractivity contribution in [3.05, 3.63) is 0 Å². The lowest BCUT2D eigenvalue weighted by atomic mass is 10.1. The smallest absolute Gasteiger partial charge is 0.221 e. The molecule has 1 rings (SSSR count). The van der Waals surface area contributed by atoms with Crippen molar-refractivity contribution in [1.29, 1.82) is 0 Å². The minimum Gasteiger partial charge on any atom is -0.357 e. The van der Waals surface area contributed by atoms with E-state index in [1.807, 2.05) is 0 Å². The summed E-state index contributed by atoms with van der Waals surface area (Å²) in [5.41, 5.74) is 0. The van der Waals surface area contributed by atoms with Gasteiger partial charge in [0.2, 0.25) is 5.91 Å². The molecule has 0 aromatic rings. The van der Waals surface area contributed by atoms with Gasteiger partial charge in [-0.05, 0) is 39.3 Å². The Hall–Kier alpha value is -1.30. The fraction of sp³-hybridized carbons (Fsp3) is 0.875. The second kappa shape index (κ2) is 12.3. The van der Waals surface area contributed by atoms with Crippen molar-refractivity contribution in [2.75, 3.05) is 45.8 Å². The Morgan fingerprint density at radius 1 is 1.05 bits per heavy atom. The molecule has 0 aliphatic carbocycles. The summed E-state index contributed by atoms with van der Waals surface area (Å²) in [4.78, 5) is 18.6. The molecule has 0 unspecified atom stereocenters. The largest absolute Gasteiger partial charge is 0.357 e. The summed E-state index contributed by atoms with van der Waals surface area (Å²) in [7, 11) is 0. The van der Waals surface area contributed by atoms with Crippen LogP contribution >= 0.6 is 0 Å². The van der Waals surface area contributed by atoms with Gasteiger partial charge in [-0.2, -0.15) is 0 Å². The van der Waals surface area contributed by atoms with Crippen LogP contribution in [-0.2, 0) is 4.79 Å². The van der Waals surface area contributed by atoms with Gasteiger partial charge in [-0.1, -0.05) is 13.3 Å². The molecule has 0 radical (unpaired) electrons. The average molecular weight is 311 g/mol. The maximum Gasteiger partial charge on any atom is 0.221 e. The van der Waals surface area contributed by atoms with Crippen LogP contribution in [0.3, 0.4) is 0 Å². The maximum absolute atomic E-state index is 11.5. The first kappa shape index (κ1) is 18.7. The Morgan fingerprint density at radius 3 is 2.50 bits per heavy atom. The van der Waals surface area contributed by atoms with Crippen LogP contribution in [0.4, 0.5) is 0 Å². The molecule has 1 fully saturated rings. The van der Waals surface area contributed by atoms with E-state index >= 15 is 0 Å². The van der Waals surface area contributed by atoms with E-state index < -0.39 is 0 Å². The molecule has 1 aliphatic heterocycles.